The highest BCUT2D eigenvalue weighted by molar-refractivity contribution is 4.85. The van der Waals surface area contributed by atoms with E-state index >= 15 is 0 Å². The van der Waals surface area contributed by atoms with E-state index in [-0.39, 0.29) is 5.92 Å². The lowest BCUT2D eigenvalue weighted by atomic mass is 9.71. The van der Waals surface area contributed by atoms with E-state index in [2.05, 4.69) is 0 Å². The minimum Gasteiger partial charge on any atom is -0.330 e. The summed E-state index contributed by atoms with van der Waals surface area (Å²) in [5.74, 6) is -1.26. The molecule has 1 rings (SSSR count). The fourth-order valence-corrected chi connectivity index (χ4v) is 1.56. The monoisotopic (exact) mass is 167 g/mol. The van der Waals surface area contributed by atoms with Gasteiger partial charge in [-0.2, -0.15) is 13.2 Å². The average molecular weight is 167 g/mol. The van der Waals surface area contributed by atoms with Gasteiger partial charge in [-0.15, -0.1) is 0 Å². The summed E-state index contributed by atoms with van der Waals surface area (Å²) >= 11 is 0. The largest absolute Gasteiger partial charge is 0.392 e. The summed E-state index contributed by atoms with van der Waals surface area (Å²) in [6.07, 6.45) is -2.47. The van der Waals surface area contributed by atoms with Crippen molar-refractivity contribution in [3.05, 3.63) is 0 Å². The number of alkyl halides is 3. The first-order valence-electron chi connectivity index (χ1n) is 3.82. The lowest BCUT2D eigenvalue weighted by Crippen LogP contribution is -2.39. The van der Waals surface area contributed by atoms with Crippen LogP contribution in [0.2, 0.25) is 0 Å². The zero-order chi connectivity index (χ0) is 8.48. The third-order valence-corrected chi connectivity index (χ3v) is 2.38. The Kier molecular flexibility index (Phi) is 2.42. The predicted molar refractivity (Wildman–Crippen MR) is 35.9 cm³/mol. The summed E-state index contributed by atoms with van der Waals surface area (Å²) in [7, 11) is 0. The van der Waals surface area contributed by atoms with Crippen molar-refractivity contribution in [3.8, 4) is 0 Å². The van der Waals surface area contributed by atoms with Gasteiger partial charge < -0.3 is 5.73 Å². The van der Waals surface area contributed by atoms with E-state index < -0.39 is 12.1 Å². The Morgan fingerprint density at radius 1 is 1.27 bits per heavy atom. The lowest BCUT2D eigenvalue weighted by molar-refractivity contribution is -0.213. The van der Waals surface area contributed by atoms with E-state index in [9.17, 15) is 13.2 Å². The zero-order valence-electron chi connectivity index (χ0n) is 6.19. The van der Waals surface area contributed by atoms with Gasteiger partial charge in [0.2, 0.25) is 0 Å². The van der Waals surface area contributed by atoms with Crippen LogP contribution in [-0.2, 0) is 0 Å². The Balaban J connectivity index is 2.37. The van der Waals surface area contributed by atoms with Gasteiger partial charge in [0, 0.05) is 0 Å². The van der Waals surface area contributed by atoms with Crippen LogP contribution in [-0.4, -0.2) is 12.7 Å². The molecule has 1 aliphatic carbocycles. The number of hydrogen-bond donors (Lipinski definition) is 1. The number of hydrogen-bond acceptors (Lipinski definition) is 1. The second kappa shape index (κ2) is 3.01. The number of nitrogens with two attached hydrogens (primary N) is 1. The standard InChI is InChI=1S/C7H12F3N/c8-7(9,10)6-2-1-5(6)3-4-11/h5-6H,1-4,11H2. The van der Waals surface area contributed by atoms with Crippen molar-refractivity contribution in [1.29, 1.82) is 0 Å². The van der Waals surface area contributed by atoms with E-state index in [0.717, 1.165) is 0 Å². The van der Waals surface area contributed by atoms with Crippen LogP contribution in [0, 0.1) is 11.8 Å². The SMILES string of the molecule is NCCC1CCC1C(F)(F)F. The molecule has 0 heterocycles. The minimum absolute atomic E-state index is 0.194. The summed E-state index contributed by atoms with van der Waals surface area (Å²) in [5.41, 5.74) is 5.18. The molecule has 2 unspecified atom stereocenters. The summed E-state index contributed by atoms with van der Waals surface area (Å²) in [5, 5.41) is 0. The van der Waals surface area contributed by atoms with Crippen molar-refractivity contribution in [2.24, 2.45) is 17.6 Å². The molecule has 0 aromatic carbocycles. The Hall–Kier alpha value is -0.250. The van der Waals surface area contributed by atoms with Gasteiger partial charge in [0.05, 0.1) is 5.92 Å². The molecule has 2 N–H and O–H groups in total. The van der Waals surface area contributed by atoms with Crippen molar-refractivity contribution in [3.63, 3.8) is 0 Å². The van der Waals surface area contributed by atoms with E-state index in [1.165, 1.54) is 0 Å². The van der Waals surface area contributed by atoms with E-state index in [1.54, 1.807) is 0 Å². The maximum atomic E-state index is 12.0. The van der Waals surface area contributed by atoms with Crippen molar-refractivity contribution >= 4 is 0 Å². The molecule has 11 heavy (non-hydrogen) atoms. The third kappa shape index (κ3) is 1.86. The van der Waals surface area contributed by atoms with Gasteiger partial charge in [0.25, 0.3) is 0 Å². The van der Waals surface area contributed by atoms with Crippen LogP contribution in [0.1, 0.15) is 19.3 Å². The maximum absolute atomic E-state index is 12.0. The molecule has 0 bridgehead atoms. The average Bonchev–Trinajstić information content (AvgIpc) is 1.75. The van der Waals surface area contributed by atoms with Gasteiger partial charge in [-0.1, -0.05) is 0 Å². The fourth-order valence-electron chi connectivity index (χ4n) is 1.56. The molecule has 4 heteroatoms. The molecule has 2 atom stereocenters. The van der Waals surface area contributed by atoms with Crippen molar-refractivity contribution in [2.45, 2.75) is 25.4 Å². The molecule has 1 nitrogen and oxygen atoms in total. The normalized spacial score (nSPS) is 31.6. The van der Waals surface area contributed by atoms with Crippen LogP contribution >= 0.6 is 0 Å². The van der Waals surface area contributed by atoms with Gasteiger partial charge in [-0.05, 0) is 31.7 Å². The summed E-state index contributed by atoms with van der Waals surface area (Å²) in [6, 6.07) is 0. The van der Waals surface area contributed by atoms with Crippen LogP contribution in [0.5, 0.6) is 0 Å². The van der Waals surface area contributed by atoms with Crippen LogP contribution in [0.25, 0.3) is 0 Å². The molecule has 1 saturated carbocycles. The van der Waals surface area contributed by atoms with Gasteiger partial charge in [-0.3, -0.25) is 0 Å². The van der Waals surface area contributed by atoms with Crippen molar-refractivity contribution in [1.82, 2.24) is 0 Å². The second-order valence-electron chi connectivity index (χ2n) is 3.06. The molecule has 66 valence electrons. The molecule has 0 radical (unpaired) electrons. The molecule has 0 aromatic heterocycles. The highest BCUT2D eigenvalue weighted by atomic mass is 19.4. The number of rotatable bonds is 2. The molecular weight excluding hydrogens is 155 g/mol. The van der Waals surface area contributed by atoms with E-state index in [4.69, 9.17) is 5.73 Å². The molecule has 1 aliphatic rings. The van der Waals surface area contributed by atoms with Crippen LogP contribution in [0.4, 0.5) is 13.2 Å². The van der Waals surface area contributed by atoms with Gasteiger partial charge in [0.15, 0.2) is 0 Å². The Labute approximate surface area is 63.8 Å². The molecule has 1 fully saturated rings. The minimum atomic E-state index is -3.99. The molecule has 0 aliphatic heterocycles. The summed E-state index contributed by atoms with van der Waals surface area (Å²) < 4.78 is 36.1. The second-order valence-corrected chi connectivity index (χ2v) is 3.06. The van der Waals surface area contributed by atoms with Crippen LogP contribution in [0.3, 0.4) is 0 Å². The van der Waals surface area contributed by atoms with Crippen LogP contribution < -0.4 is 5.73 Å². The zero-order valence-corrected chi connectivity index (χ0v) is 6.19. The van der Waals surface area contributed by atoms with E-state index in [1.807, 2.05) is 0 Å². The molecule has 0 amide bonds. The first kappa shape index (κ1) is 8.84. The van der Waals surface area contributed by atoms with Gasteiger partial charge in [-0.25, -0.2) is 0 Å². The van der Waals surface area contributed by atoms with E-state index in [0.29, 0.717) is 25.8 Å². The van der Waals surface area contributed by atoms with Gasteiger partial charge >= 0.3 is 6.18 Å². The molecule has 0 saturated heterocycles. The third-order valence-electron chi connectivity index (χ3n) is 2.38. The quantitative estimate of drug-likeness (QED) is 0.668. The van der Waals surface area contributed by atoms with Crippen molar-refractivity contribution in [2.75, 3.05) is 6.54 Å². The lowest BCUT2D eigenvalue weighted by Gasteiger charge is -2.37. The Bertz CT molecular complexity index is 132. The summed E-state index contributed by atoms with van der Waals surface area (Å²) in [6.45, 7) is 0.372. The first-order chi connectivity index (χ1) is 5.05. The molecular formula is C7H12F3N. The highest BCUT2D eigenvalue weighted by Crippen LogP contribution is 2.46. The first-order valence-corrected chi connectivity index (χ1v) is 3.82. The summed E-state index contributed by atoms with van der Waals surface area (Å²) in [4.78, 5) is 0. The topological polar surface area (TPSA) is 26.0 Å². The Morgan fingerprint density at radius 2 is 1.91 bits per heavy atom. The van der Waals surface area contributed by atoms with Crippen LogP contribution in [0.15, 0.2) is 0 Å². The maximum Gasteiger partial charge on any atom is 0.392 e. The fraction of sp³-hybridized carbons (Fsp3) is 1.00. The predicted octanol–water partition coefficient (Wildman–Crippen LogP) is 1.92. The molecule has 0 aromatic rings. The molecule has 0 spiro atoms. The Morgan fingerprint density at radius 3 is 2.18 bits per heavy atom. The smallest absolute Gasteiger partial charge is 0.330 e. The highest BCUT2D eigenvalue weighted by Gasteiger charge is 2.48. The van der Waals surface area contributed by atoms with Gasteiger partial charge in [0.1, 0.15) is 0 Å². The van der Waals surface area contributed by atoms with Crippen molar-refractivity contribution < 1.29 is 13.2 Å². The number of halogens is 3.